The highest BCUT2D eigenvalue weighted by Crippen LogP contribution is 2.31. The standard InChI is InChI=1S/C18H13Cl2N3O4/c1-21-16(25)9-2-4-10(5-3-9)22-15(24)8-23-17(26)11-6-13(19)14(20)7-12(11)18(23)27/h2-7H,8H2,1H3,(H,21,25)(H,22,24). The molecule has 7 nitrogen and oxygen atoms in total. The molecule has 0 aromatic heterocycles. The van der Waals surface area contributed by atoms with E-state index in [1.807, 2.05) is 0 Å². The Balaban J connectivity index is 1.70. The Morgan fingerprint density at radius 1 is 0.963 bits per heavy atom. The van der Waals surface area contributed by atoms with Gasteiger partial charge in [-0.3, -0.25) is 24.1 Å². The highest BCUT2D eigenvalue weighted by atomic mass is 35.5. The number of halogens is 2. The second-order valence-corrected chi connectivity index (χ2v) is 6.53. The van der Waals surface area contributed by atoms with Crippen molar-refractivity contribution in [1.82, 2.24) is 10.2 Å². The Morgan fingerprint density at radius 3 is 1.96 bits per heavy atom. The van der Waals surface area contributed by atoms with Crippen molar-refractivity contribution in [2.24, 2.45) is 0 Å². The number of benzene rings is 2. The monoisotopic (exact) mass is 405 g/mol. The molecule has 2 aromatic rings. The van der Waals surface area contributed by atoms with Gasteiger partial charge in [0.2, 0.25) is 5.91 Å². The van der Waals surface area contributed by atoms with E-state index in [1.165, 1.54) is 19.2 Å². The van der Waals surface area contributed by atoms with Gasteiger partial charge < -0.3 is 10.6 Å². The second-order valence-electron chi connectivity index (χ2n) is 5.71. The molecule has 0 radical (unpaired) electrons. The summed E-state index contributed by atoms with van der Waals surface area (Å²) in [5, 5.41) is 5.37. The van der Waals surface area contributed by atoms with Crippen LogP contribution in [-0.2, 0) is 4.79 Å². The van der Waals surface area contributed by atoms with Gasteiger partial charge in [0.25, 0.3) is 17.7 Å². The van der Waals surface area contributed by atoms with Crippen molar-refractivity contribution in [3.8, 4) is 0 Å². The van der Waals surface area contributed by atoms with Gasteiger partial charge in [-0.1, -0.05) is 23.2 Å². The summed E-state index contributed by atoms with van der Waals surface area (Å²) in [6, 6.07) is 8.80. The lowest BCUT2D eigenvalue weighted by Crippen LogP contribution is -2.37. The first-order valence-corrected chi connectivity index (χ1v) is 8.54. The highest BCUT2D eigenvalue weighted by molar-refractivity contribution is 6.43. The average Bonchev–Trinajstić information content (AvgIpc) is 2.86. The van der Waals surface area contributed by atoms with Gasteiger partial charge in [-0.05, 0) is 36.4 Å². The lowest BCUT2D eigenvalue weighted by Gasteiger charge is -2.13. The van der Waals surface area contributed by atoms with Crippen LogP contribution in [0.3, 0.4) is 0 Å². The smallest absolute Gasteiger partial charge is 0.262 e. The van der Waals surface area contributed by atoms with Crippen LogP contribution < -0.4 is 10.6 Å². The van der Waals surface area contributed by atoms with E-state index in [2.05, 4.69) is 10.6 Å². The quantitative estimate of drug-likeness (QED) is 0.764. The molecule has 0 saturated carbocycles. The summed E-state index contributed by atoms with van der Waals surface area (Å²) in [6.45, 7) is -0.460. The van der Waals surface area contributed by atoms with Gasteiger partial charge in [0, 0.05) is 18.3 Å². The molecular weight excluding hydrogens is 393 g/mol. The number of carbonyl (C=O) groups is 4. The van der Waals surface area contributed by atoms with Gasteiger partial charge in [0.15, 0.2) is 0 Å². The van der Waals surface area contributed by atoms with Gasteiger partial charge in [-0.15, -0.1) is 0 Å². The fourth-order valence-electron chi connectivity index (χ4n) is 2.62. The molecule has 1 heterocycles. The van der Waals surface area contributed by atoms with Crippen molar-refractivity contribution in [3.05, 3.63) is 63.1 Å². The van der Waals surface area contributed by atoms with Crippen molar-refractivity contribution in [3.63, 3.8) is 0 Å². The van der Waals surface area contributed by atoms with E-state index in [4.69, 9.17) is 23.2 Å². The number of nitrogens with zero attached hydrogens (tertiary/aromatic N) is 1. The summed E-state index contributed by atoms with van der Waals surface area (Å²) in [7, 11) is 1.51. The molecule has 0 aliphatic carbocycles. The van der Waals surface area contributed by atoms with Crippen molar-refractivity contribution >= 4 is 52.5 Å². The molecule has 1 aliphatic rings. The minimum Gasteiger partial charge on any atom is -0.355 e. The first-order chi connectivity index (χ1) is 12.8. The van der Waals surface area contributed by atoms with Crippen molar-refractivity contribution < 1.29 is 19.2 Å². The van der Waals surface area contributed by atoms with Crippen LogP contribution in [0, 0.1) is 0 Å². The zero-order valence-electron chi connectivity index (χ0n) is 14.0. The molecule has 3 rings (SSSR count). The maximum absolute atomic E-state index is 12.4. The summed E-state index contributed by atoms with van der Waals surface area (Å²) in [6.07, 6.45) is 0. The number of amides is 4. The van der Waals surface area contributed by atoms with Gasteiger partial charge in [0.1, 0.15) is 6.54 Å². The predicted molar refractivity (Wildman–Crippen MR) is 100 cm³/mol. The number of hydrogen-bond acceptors (Lipinski definition) is 4. The summed E-state index contributed by atoms with van der Waals surface area (Å²) in [5.74, 6) is -2.04. The van der Waals surface area contributed by atoms with Crippen LogP contribution >= 0.6 is 23.2 Å². The molecule has 0 bridgehead atoms. The third-order valence-electron chi connectivity index (χ3n) is 3.97. The van der Waals surface area contributed by atoms with E-state index in [1.54, 1.807) is 24.3 Å². The van der Waals surface area contributed by atoms with Crippen molar-refractivity contribution in [2.45, 2.75) is 0 Å². The third-order valence-corrected chi connectivity index (χ3v) is 4.69. The molecule has 0 atom stereocenters. The van der Waals surface area contributed by atoms with Crippen LogP contribution in [0.15, 0.2) is 36.4 Å². The maximum atomic E-state index is 12.4. The van der Waals surface area contributed by atoms with Gasteiger partial charge >= 0.3 is 0 Å². The zero-order chi connectivity index (χ0) is 19.7. The normalized spacial score (nSPS) is 12.8. The lowest BCUT2D eigenvalue weighted by molar-refractivity contribution is -0.116. The molecular formula is C18H13Cl2N3O4. The Kier molecular flexibility index (Phi) is 5.16. The number of imide groups is 1. The van der Waals surface area contributed by atoms with E-state index in [0.717, 1.165) is 4.90 Å². The van der Waals surface area contributed by atoms with Crippen molar-refractivity contribution in [1.29, 1.82) is 0 Å². The van der Waals surface area contributed by atoms with Gasteiger partial charge in [-0.25, -0.2) is 0 Å². The van der Waals surface area contributed by atoms with Crippen molar-refractivity contribution in [2.75, 3.05) is 18.9 Å². The van der Waals surface area contributed by atoms with Gasteiger partial charge in [0.05, 0.1) is 21.2 Å². The zero-order valence-corrected chi connectivity index (χ0v) is 15.5. The van der Waals surface area contributed by atoms with Crippen LogP contribution in [0.1, 0.15) is 31.1 Å². The molecule has 0 unspecified atom stereocenters. The minimum atomic E-state index is -0.612. The summed E-state index contributed by atoms with van der Waals surface area (Å²) in [5.41, 5.74) is 1.08. The molecule has 1 aliphatic heterocycles. The van der Waals surface area contributed by atoms with Gasteiger partial charge in [-0.2, -0.15) is 0 Å². The molecule has 138 valence electrons. The third kappa shape index (κ3) is 3.65. The first kappa shape index (κ1) is 18.9. The number of fused-ring (bicyclic) bond motifs is 1. The average molecular weight is 406 g/mol. The number of anilines is 1. The fraction of sp³-hybridized carbons (Fsp3) is 0.111. The van der Waals surface area contributed by atoms with E-state index in [9.17, 15) is 19.2 Å². The highest BCUT2D eigenvalue weighted by Gasteiger charge is 2.37. The SMILES string of the molecule is CNC(=O)c1ccc(NC(=O)CN2C(=O)c3cc(Cl)c(Cl)cc3C2=O)cc1. The number of hydrogen-bond donors (Lipinski definition) is 2. The van der Waals surface area contributed by atoms with Crippen LogP contribution in [0.2, 0.25) is 10.0 Å². The number of rotatable bonds is 4. The maximum Gasteiger partial charge on any atom is 0.262 e. The molecule has 2 N–H and O–H groups in total. The van der Waals surface area contributed by atoms with Crippen LogP contribution in [0.4, 0.5) is 5.69 Å². The number of nitrogens with one attached hydrogen (secondary N) is 2. The predicted octanol–water partition coefficient (Wildman–Crippen LogP) is 2.59. The topological polar surface area (TPSA) is 95.6 Å². The Bertz CT molecular complexity index is 932. The van der Waals surface area contributed by atoms with Crippen LogP contribution in [-0.4, -0.2) is 42.1 Å². The summed E-state index contributed by atoms with van der Waals surface area (Å²) < 4.78 is 0. The minimum absolute atomic E-state index is 0.108. The van der Waals surface area contributed by atoms with Crippen LogP contribution in [0.5, 0.6) is 0 Å². The summed E-state index contributed by atoms with van der Waals surface area (Å²) in [4.78, 5) is 49.3. The number of carbonyl (C=O) groups excluding carboxylic acids is 4. The van der Waals surface area contributed by atoms with E-state index >= 15 is 0 Å². The molecule has 2 aromatic carbocycles. The molecule has 0 saturated heterocycles. The molecule has 4 amide bonds. The lowest BCUT2D eigenvalue weighted by atomic mass is 10.1. The molecule has 0 spiro atoms. The van der Waals surface area contributed by atoms with E-state index < -0.39 is 24.3 Å². The molecule has 0 fully saturated rings. The van der Waals surface area contributed by atoms with E-state index in [0.29, 0.717) is 11.3 Å². The Morgan fingerprint density at radius 2 is 1.48 bits per heavy atom. The summed E-state index contributed by atoms with van der Waals surface area (Å²) >= 11 is 11.8. The Hall–Kier alpha value is -2.90. The second kappa shape index (κ2) is 7.38. The fourth-order valence-corrected chi connectivity index (χ4v) is 2.95. The van der Waals surface area contributed by atoms with E-state index in [-0.39, 0.29) is 27.1 Å². The molecule has 9 heteroatoms. The van der Waals surface area contributed by atoms with Crippen LogP contribution in [0.25, 0.3) is 0 Å². The largest absolute Gasteiger partial charge is 0.355 e. The molecule has 27 heavy (non-hydrogen) atoms. The Labute approximate surface area is 164 Å². The first-order valence-electron chi connectivity index (χ1n) is 7.79.